The third-order valence-electron chi connectivity index (χ3n) is 2.91. The van der Waals surface area contributed by atoms with Gasteiger partial charge in [-0.05, 0) is 23.6 Å². The Bertz CT molecular complexity index is 744. The molecule has 0 bridgehead atoms. The van der Waals surface area contributed by atoms with Crippen molar-refractivity contribution in [1.29, 1.82) is 0 Å². The van der Waals surface area contributed by atoms with Gasteiger partial charge in [0.15, 0.2) is 0 Å². The Hall–Kier alpha value is -1.41. The Morgan fingerprint density at radius 2 is 2.05 bits per heavy atom. The Kier molecular flexibility index (Phi) is 5.57. The third-order valence-corrected chi connectivity index (χ3v) is 5.87. The summed E-state index contributed by atoms with van der Waals surface area (Å²) in [7, 11) is -2.59. The van der Waals surface area contributed by atoms with Gasteiger partial charge in [0.05, 0.1) is 24.6 Å². The molecule has 0 radical (unpaired) electrons. The lowest BCUT2D eigenvalue weighted by atomic mass is 10.2. The number of thiophene rings is 1. The molecule has 118 valence electrons. The van der Waals surface area contributed by atoms with Crippen molar-refractivity contribution in [2.24, 2.45) is 0 Å². The Balaban J connectivity index is 2.30. The lowest BCUT2D eigenvalue weighted by Gasteiger charge is -2.17. The van der Waals surface area contributed by atoms with E-state index in [-0.39, 0.29) is 16.3 Å². The summed E-state index contributed by atoms with van der Waals surface area (Å²) in [6.45, 7) is 0. The van der Waals surface area contributed by atoms with Crippen molar-refractivity contribution in [3.63, 3.8) is 0 Å². The number of sulfonamides is 1. The molecule has 0 amide bonds. The lowest BCUT2D eigenvalue weighted by Crippen LogP contribution is -2.30. The van der Waals surface area contributed by atoms with Crippen molar-refractivity contribution in [1.82, 2.24) is 4.72 Å². The zero-order valence-corrected chi connectivity index (χ0v) is 14.0. The van der Waals surface area contributed by atoms with Crippen LogP contribution in [0.5, 0.6) is 0 Å². The highest BCUT2D eigenvalue weighted by molar-refractivity contribution is 7.89. The van der Waals surface area contributed by atoms with Gasteiger partial charge in [0, 0.05) is 4.88 Å². The summed E-state index contributed by atoms with van der Waals surface area (Å²) in [6, 6.07) is 8.98. The fourth-order valence-electron chi connectivity index (χ4n) is 1.85. The fraction of sp³-hybridized carbons (Fsp3) is 0.214. The van der Waals surface area contributed by atoms with Gasteiger partial charge in [-0.15, -0.1) is 11.3 Å². The molecule has 0 saturated heterocycles. The molecule has 0 aliphatic carbocycles. The second-order valence-electron chi connectivity index (χ2n) is 4.40. The molecule has 1 aromatic carbocycles. The Labute approximate surface area is 137 Å². The fourth-order valence-corrected chi connectivity index (χ4v) is 4.44. The summed E-state index contributed by atoms with van der Waals surface area (Å²) in [6.07, 6.45) is -0.0965. The molecule has 2 aromatic rings. The van der Waals surface area contributed by atoms with Gasteiger partial charge in [0.25, 0.3) is 0 Å². The predicted molar refractivity (Wildman–Crippen MR) is 85.5 cm³/mol. The first-order valence-electron chi connectivity index (χ1n) is 6.31. The van der Waals surface area contributed by atoms with E-state index in [1.54, 1.807) is 24.3 Å². The number of carbonyl (C=O) groups is 1. The highest BCUT2D eigenvalue weighted by Gasteiger charge is 2.26. The first-order valence-corrected chi connectivity index (χ1v) is 9.05. The largest absolute Gasteiger partial charge is 0.469 e. The van der Waals surface area contributed by atoms with Gasteiger partial charge < -0.3 is 4.74 Å². The molecule has 1 N–H and O–H groups in total. The highest BCUT2D eigenvalue weighted by atomic mass is 35.5. The molecule has 0 fully saturated rings. The molecule has 2 rings (SSSR count). The minimum Gasteiger partial charge on any atom is -0.469 e. The molecule has 5 nitrogen and oxygen atoms in total. The maximum atomic E-state index is 12.5. The minimum absolute atomic E-state index is 0.0249. The normalized spacial score (nSPS) is 12.8. The van der Waals surface area contributed by atoms with E-state index in [4.69, 9.17) is 11.6 Å². The van der Waals surface area contributed by atoms with Crippen LogP contribution in [0.25, 0.3) is 0 Å². The number of benzene rings is 1. The van der Waals surface area contributed by atoms with Crippen LogP contribution in [-0.2, 0) is 19.6 Å². The summed E-state index contributed by atoms with van der Waals surface area (Å²) >= 11 is 7.30. The van der Waals surface area contributed by atoms with E-state index in [0.717, 1.165) is 4.88 Å². The summed E-state index contributed by atoms with van der Waals surface area (Å²) in [4.78, 5) is 12.2. The van der Waals surface area contributed by atoms with Gasteiger partial charge >= 0.3 is 5.97 Å². The minimum atomic E-state index is -3.85. The van der Waals surface area contributed by atoms with E-state index >= 15 is 0 Å². The van der Waals surface area contributed by atoms with E-state index in [1.807, 2.05) is 5.38 Å². The van der Waals surface area contributed by atoms with Gasteiger partial charge in [-0.25, -0.2) is 13.1 Å². The number of hydrogen-bond donors (Lipinski definition) is 1. The number of carbonyl (C=O) groups excluding carboxylic acids is 1. The number of halogens is 1. The molecule has 0 spiro atoms. The predicted octanol–water partition coefficient (Wildman–Crippen LogP) is 2.98. The summed E-state index contributed by atoms with van der Waals surface area (Å²) in [5.41, 5.74) is 0. The molecule has 1 aromatic heterocycles. The van der Waals surface area contributed by atoms with Crippen molar-refractivity contribution in [3.05, 3.63) is 51.7 Å². The number of hydrogen-bond acceptors (Lipinski definition) is 5. The van der Waals surface area contributed by atoms with Crippen LogP contribution in [0.4, 0.5) is 0 Å². The van der Waals surface area contributed by atoms with E-state index in [9.17, 15) is 13.2 Å². The molecular formula is C14H14ClNO4S2. The van der Waals surface area contributed by atoms with Crippen LogP contribution in [0.1, 0.15) is 17.3 Å². The van der Waals surface area contributed by atoms with Crippen LogP contribution in [0.2, 0.25) is 5.02 Å². The van der Waals surface area contributed by atoms with Crippen LogP contribution >= 0.6 is 22.9 Å². The van der Waals surface area contributed by atoms with E-state index in [2.05, 4.69) is 9.46 Å². The third kappa shape index (κ3) is 4.07. The second kappa shape index (κ2) is 7.23. The first kappa shape index (κ1) is 17.0. The molecule has 0 unspecified atom stereocenters. The van der Waals surface area contributed by atoms with Crippen molar-refractivity contribution in [3.8, 4) is 0 Å². The SMILES string of the molecule is COC(=O)C[C@@H](NS(=O)(=O)c1ccccc1Cl)c1cccs1. The lowest BCUT2D eigenvalue weighted by molar-refractivity contribution is -0.141. The van der Waals surface area contributed by atoms with Crippen LogP contribution < -0.4 is 4.72 Å². The van der Waals surface area contributed by atoms with Gasteiger partial charge in [0.1, 0.15) is 4.90 Å². The molecule has 8 heteroatoms. The van der Waals surface area contributed by atoms with Crippen LogP contribution in [0, 0.1) is 0 Å². The smallest absolute Gasteiger partial charge is 0.307 e. The van der Waals surface area contributed by atoms with Crippen molar-refractivity contribution < 1.29 is 17.9 Å². The van der Waals surface area contributed by atoms with Gasteiger partial charge in [-0.3, -0.25) is 4.79 Å². The zero-order valence-electron chi connectivity index (χ0n) is 11.7. The van der Waals surface area contributed by atoms with E-state index < -0.39 is 22.0 Å². The topological polar surface area (TPSA) is 72.5 Å². The van der Waals surface area contributed by atoms with Crippen LogP contribution in [-0.4, -0.2) is 21.5 Å². The first-order chi connectivity index (χ1) is 10.4. The van der Waals surface area contributed by atoms with Gasteiger partial charge in [0.2, 0.25) is 10.0 Å². The number of rotatable bonds is 6. The zero-order chi connectivity index (χ0) is 16.2. The molecule has 0 aliphatic heterocycles. The average Bonchev–Trinajstić information content (AvgIpc) is 3.00. The summed E-state index contributed by atoms with van der Waals surface area (Å²) < 4.78 is 32.1. The Morgan fingerprint density at radius 3 is 2.64 bits per heavy atom. The van der Waals surface area contributed by atoms with Crippen LogP contribution in [0.15, 0.2) is 46.7 Å². The second-order valence-corrected chi connectivity index (χ2v) is 7.47. The van der Waals surface area contributed by atoms with E-state index in [0.29, 0.717) is 0 Å². The number of nitrogens with one attached hydrogen (secondary N) is 1. The monoisotopic (exact) mass is 359 g/mol. The number of ether oxygens (including phenoxy) is 1. The Morgan fingerprint density at radius 1 is 1.32 bits per heavy atom. The maximum Gasteiger partial charge on any atom is 0.307 e. The van der Waals surface area contributed by atoms with Crippen molar-refractivity contribution >= 4 is 38.9 Å². The number of esters is 1. The molecule has 0 aliphatic rings. The van der Waals surface area contributed by atoms with Gasteiger partial charge in [-0.2, -0.15) is 0 Å². The summed E-state index contributed by atoms with van der Waals surface area (Å²) in [5, 5.41) is 1.93. The molecule has 1 heterocycles. The summed E-state index contributed by atoms with van der Waals surface area (Å²) in [5.74, 6) is -0.500. The van der Waals surface area contributed by atoms with Gasteiger partial charge in [-0.1, -0.05) is 29.8 Å². The molecule has 0 saturated carbocycles. The van der Waals surface area contributed by atoms with Crippen LogP contribution in [0.3, 0.4) is 0 Å². The standard InChI is InChI=1S/C14H14ClNO4S2/c1-20-14(17)9-11(12-6-4-8-21-12)16-22(18,19)13-7-3-2-5-10(13)15/h2-8,11,16H,9H2,1H3/t11-/m1/s1. The molecular weight excluding hydrogens is 346 g/mol. The average molecular weight is 360 g/mol. The van der Waals surface area contributed by atoms with E-state index in [1.165, 1.54) is 30.6 Å². The maximum absolute atomic E-state index is 12.5. The quantitative estimate of drug-likeness (QED) is 0.805. The van der Waals surface area contributed by atoms with Crippen molar-refractivity contribution in [2.75, 3.05) is 7.11 Å². The molecule has 1 atom stereocenters. The number of methoxy groups -OCH3 is 1. The van der Waals surface area contributed by atoms with Crippen molar-refractivity contribution in [2.45, 2.75) is 17.4 Å². The highest BCUT2D eigenvalue weighted by Crippen LogP contribution is 2.27. The molecule has 22 heavy (non-hydrogen) atoms.